The van der Waals surface area contributed by atoms with Gasteiger partial charge >= 0.3 is 0 Å². The number of carbonyl (C=O) groups excluding carboxylic acids is 1. The molecule has 7 heavy (non-hydrogen) atoms. The van der Waals surface area contributed by atoms with E-state index in [1.165, 1.54) is 0 Å². The summed E-state index contributed by atoms with van der Waals surface area (Å²) in [6.45, 7) is 3.74. The lowest BCUT2D eigenvalue weighted by molar-refractivity contribution is -0.654. The van der Waals surface area contributed by atoms with Crippen LogP contribution < -0.4 is 10.6 Å². The molecule has 0 unspecified atom stereocenters. The lowest BCUT2D eigenvalue weighted by atomic mass is 10.7. The van der Waals surface area contributed by atoms with Crippen molar-refractivity contribution in [3.63, 3.8) is 0 Å². The van der Waals surface area contributed by atoms with E-state index < -0.39 is 0 Å². The number of hydrogen-bond acceptors (Lipinski definition) is 1. The van der Waals surface area contributed by atoms with Gasteiger partial charge in [0.15, 0.2) is 6.67 Å². The highest BCUT2D eigenvalue weighted by Crippen LogP contribution is 1.29. The van der Waals surface area contributed by atoms with Crippen LogP contribution in [-0.4, -0.2) is 19.6 Å². The van der Waals surface area contributed by atoms with E-state index in [1.54, 1.807) is 0 Å². The molecule has 0 atom stereocenters. The van der Waals surface area contributed by atoms with Crippen LogP contribution >= 0.6 is 0 Å². The number of amides is 1. The number of carbonyl (C=O) groups is 1. The van der Waals surface area contributed by atoms with Crippen molar-refractivity contribution in [1.82, 2.24) is 5.32 Å². The molecule has 0 rings (SSSR count). The van der Waals surface area contributed by atoms with Crippen LogP contribution in [0.1, 0.15) is 6.92 Å². The van der Waals surface area contributed by atoms with E-state index in [-0.39, 0.29) is 0 Å². The molecule has 0 spiro atoms. The Labute approximate surface area is 43.1 Å². The number of nitrogens with one attached hydrogen (secondary N) is 1. The topological polar surface area (TPSA) is 45.7 Å². The Balaban J connectivity index is 2.56. The van der Waals surface area contributed by atoms with Gasteiger partial charge in [0.05, 0.1) is 6.54 Å². The SMILES string of the molecule is CC[NH2+]CNC=O. The molecule has 0 radical (unpaired) electrons. The Kier molecular flexibility index (Phi) is 4.99. The average Bonchev–Trinajstić information content (AvgIpc) is 1.69. The Morgan fingerprint density at radius 2 is 2.57 bits per heavy atom. The van der Waals surface area contributed by atoms with Crippen molar-refractivity contribution >= 4 is 6.41 Å². The third kappa shape index (κ3) is 5.43. The number of rotatable bonds is 4. The minimum absolute atomic E-state index is 0.694. The summed E-state index contributed by atoms with van der Waals surface area (Å²) >= 11 is 0. The Morgan fingerprint density at radius 1 is 1.86 bits per heavy atom. The number of nitrogens with two attached hydrogens (primary N) is 1. The van der Waals surface area contributed by atoms with Gasteiger partial charge in [-0.3, -0.25) is 4.79 Å². The molecule has 3 N–H and O–H groups in total. The fourth-order valence-corrected chi connectivity index (χ4v) is 0.276. The van der Waals surface area contributed by atoms with Crippen molar-refractivity contribution in [3.8, 4) is 0 Å². The van der Waals surface area contributed by atoms with Gasteiger partial charge < -0.3 is 10.6 Å². The molecule has 0 aromatic heterocycles. The zero-order valence-corrected chi connectivity index (χ0v) is 4.48. The third-order valence-corrected chi connectivity index (χ3v) is 0.634. The van der Waals surface area contributed by atoms with Crippen LogP contribution in [-0.2, 0) is 4.79 Å². The van der Waals surface area contributed by atoms with Crippen LogP contribution in [0.2, 0.25) is 0 Å². The third-order valence-electron chi connectivity index (χ3n) is 0.634. The van der Waals surface area contributed by atoms with Gasteiger partial charge in [-0.2, -0.15) is 0 Å². The molecule has 0 aliphatic carbocycles. The van der Waals surface area contributed by atoms with E-state index in [1.807, 2.05) is 12.2 Å². The molecule has 1 amide bonds. The monoisotopic (exact) mass is 103 g/mol. The molecular weight excluding hydrogens is 92.1 g/mol. The molecule has 0 bridgehead atoms. The fraction of sp³-hybridized carbons (Fsp3) is 0.750. The van der Waals surface area contributed by atoms with Crippen LogP contribution in [0.4, 0.5) is 0 Å². The molecule has 0 aromatic rings. The van der Waals surface area contributed by atoms with Gasteiger partial charge in [0.25, 0.3) is 0 Å². The van der Waals surface area contributed by atoms with Gasteiger partial charge in [-0.15, -0.1) is 0 Å². The maximum absolute atomic E-state index is 9.55. The van der Waals surface area contributed by atoms with Gasteiger partial charge in [0.1, 0.15) is 0 Å². The minimum Gasteiger partial charge on any atom is -0.329 e. The molecule has 3 nitrogen and oxygen atoms in total. The fourth-order valence-electron chi connectivity index (χ4n) is 0.276. The molecule has 0 saturated heterocycles. The molecule has 0 heterocycles. The summed E-state index contributed by atoms with van der Waals surface area (Å²) in [7, 11) is 0. The molecular formula is C4H11N2O+. The summed E-state index contributed by atoms with van der Waals surface area (Å²) in [6, 6.07) is 0. The highest BCUT2D eigenvalue weighted by molar-refractivity contribution is 5.45. The molecule has 0 fully saturated rings. The van der Waals surface area contributed by atoms with E-state index in [2.05, 4.69) is 5.32 Å². The average molecular weight is 103 g/mol. The van der Waals surface area contributed by atoms with Crippen LogP contribution in [0.25, 0.3) is 0 Å². The lowest BCUT2D eigenvalue weighted by Crippen LogP contribution is -2.86. The van der Waals surface area contributed by atoms with Gasteiger partial charge in [-0.1, -0.05) is 0 Å². The molecule has 0 aromatic carbocycles. The first-order valence-electron chi connectivity index (χ1n) is 2.40. The zero-order chi connectivity index (χ0) is 5.54. The first-order chi connectivity index (χ1) is 3.41. The summed E-state index contributed by atoms with van der Waals surface area (Å²) in [6.07, 6.45) is 0.701. The van der Waals surface area contributed by atoms with E-state index in [0.717, 1.165) is 6.54 Å². The highest BCUT2D eigenvalue weighted by atomic mass is 16.1. The smallest absolute Gasteiger partial charge is 0.211 e. The van der Waals surface area contributed by atoms with E-state index in [0.29, 0.717) is 13.1 Å². The maximum atomic E-state index is 9.55. The normalized spacial score (nSPS) is 8.14. The van der Waals surface area contributed by atoms with Gasteiger partial charge in [0.2, 0.25) is 6.41 Å². The summed E-state index contributed by atoms with van der Waals surface area (Å²) in [5, 5.41) is 4.51. The predicted octanol–water partition coefficient (Wildman–Crippen LogP) is -1.73. The first-order valence-corrected chi connectivity index (χ1v) is 2.40. The van der Waals surface area contributed by atoms with Crippen molar-refractivity contribution in [2.24, 2.45) is 0 Å². The van der Waals surface area contributed by atoms with Crippen molar-refractivity contribution in [3.05, 3.63) is 0 Å². The summed E-state index contributed by atoms with van der Waals surface area (Å²) in [5.74, 6) is 0. The molecule has 3 heteroatoms. The summed E-state index contributed by atoms with van der Waals surface area (Å²) < 4.78 is 0. The summed E-state index contributed by atoms with van der Waals surface area (Å²) in [4.78, 5) is 9.55. The van der Waals surface area contributed by atoms with Crippen LogP contribution in [0, 0.1) is 0 Å². The first kappa shape index (κ1) is 6.43. The van der Waals surface area contributed by atoms with E-state index in [4.69, 9.17) is 0 Å². The molecule has 42 valence electrons. The summed E-state index contributed by atoms with van der Waals surface area (Å²) in [5.41, 5.74) is 0. The van der Waals surface area contributed by atoms with E-state index >= 15 is 0 Å². The van der Waals surface area contributed by atoms with Crippen molar-refractivity contribution < 1.29 is 10.1 Å². The molecule has 0 aliphatic heterocycles. The van der Waals surface area contributed by atoms with Crippen LogP contribution in [0.3, 0.4) is 0 Å². The van der Waals surface area contributed by atoms with Crippen molar-refractivity contribution in [2.75, 3.05) is 13.2 Å². The van der Waals surface area contributed by atoms with Crippen molar-refractivity contribution in [1.29, 1.82) is 0 Å². The Hall–Kier alpha value is -0.570. The van der Waals surface area contributed by atoms with E-state index in [9.17, 15) is 4.79 Å². The number of hydrogen-bond donors (Lipinski definition) is 2. The van der Waals surface area contributed by atoms with Crippen LogP contribution in [0.5, 0.6) is 0 Å². The maximum Gasteiger partial charge on any atom is 0.211 e. The van der Waals surface area contributed by atoms with Gasteiger partial charge in [-0.05, 0) is 6.92 Å². The lowest BCUT2D eigenvalue weighted by Gasteiger charge is -1.91. The predicted molar refractivity (Wildman–Crippen MR) is 26.5 cm³/mol. The van der Waals surface area contributed by atoms with Gasteiger partial charge in [0, 0.05) is 0 Å². The van der Waals surface area contributed by atoms with Crippen LogP contribution in [0.15, 0.2) is 0 Å². The largest absolute Gasteiger partial charge is 0.329 e. The molecule has 0 saturated carbocycles. The second-order valence-corrected chi connectivity index (χ2v) is 1.22. The Morgan fingerprint density at radius 3 is 3.00 bits per heavy atom. The minimum atomic E-state index is 0.694. The van der Waals surface area contributed by atoms with Crippen molar-refractivity contribution in [2.45, 2.75) is 6.92 Å². The second kappa shape index (κ2) is 5.43. The quantitative estimate of drug-likeness (QED) is 0.248. The standard InChI is InChI=1S/C4H10N2O/c1-2-5-3-6-4-7/h4-5H,2-3H2,1H3,(H,6,7)/p+1. The highest BCUT2D eigenvalue weighted by Gasteiger charge is 1.76. The Bertz CT molecular complexity index is 47.0. The zero-order valence-electron chi connectivity index (χ0n) is 4.48. The molecule has 0 aliphatic rings. The van der Waals surface area contributed by atoms with Gasteiger partial charge in [-0.25, -0.2) is 0 Å². The number of quaternary nitrogens is 1. The second-order valence-electron chi connectivity index (χ2n) is 1.22.